The number of hydrogen-bond donors (Lipinski definition) is 1. The Morgan fingerprint density at radius 3 is 2.79 bits per heavy atom. The van der Waals surface area contributed by atoms with Gasteiger partial charge in [-0.3, -0.25) is 5.32 Å². The molecule has 0 aliphatic carbocycles. The highest BCUT2D eigenvalue weighted by atomic mass is 79.9. The van der Waals surface area contributed by atoms with Crippen LogP contribution in [0.15, 0.2) is 53.0 Å². The third kappa shape index (κ3) is 2.78. The van der Waals surface area contributed by atoms with Crippen molar-refractivity contribution in [2.45, 2.75) is 6.17 Å². The number of hydrogen-bond acceptors (Lipinski definition) is 2. The predicted octanol–water partition coefficient (Wildman–Crippen LogP) is 4.21. The van der Waals surface area contributed by atoms with Crippen LogP contribution in [0.5, 0.6) is 0 Å². The van der Waals surface area contributed by atoms with Crippen molar-refractivity contribution in [3.05, 3.63) is 63.6 Å². The van der Waals surface area contributed by atoms with Crippen molar-refractivity contribution in [3.8, 4) is 0 Å². The van der Waals surface area contributed by atoms with E-state index in [2.05, 4.69) is 50.4 Å². The second-order valence-electron chi connectivity index (χ2n) is 4.58. The van der Waals surface area contributed by atoms with Crippen LogP contribution in [0, 0.1) is 0 Å². The van der Waals surface area contributed by atoms with E-state index < -0.39 is 0 Å². The Balaban J connectivity index is 1.93. The maximum absolute atomic E-state index is 6.09. The first-order chi connectivity index (χ1) is 9.24. The average Bonchev–Trinajstić information content (AvgIpc) is 2.88. The van der Waals surface area contributed by atoms with Crippen LogP contribution in [0.3, 0.4) is 0 Å². The molecule has 1 N–H and O–H groups in total. The van der Waals surface area contributed by atoms with Gasteiger partial charge in [-0.05, 0) is 35.9 Å². The van der Waals surface area contributed by atoms with Gasteiger partial charge in [-0.25, -0.2) is 0 Å². The largest absolute Gasteiger partial charge is 0.351 e. The SMILES string of the molecule is Clc1cccc(N2CCNC2c2cccc(Br)c2)c1. The summed E-state index contributed by atoms with van der Waals surface area (Å²) in [5, 5.41) is 4.31. The fourth-order valence-corrected chi connectivity index (χ4v) is 3.07. The molecule has 0 bridgehead atoms. The third-order valence-electron chi connectivity index (χ3n) is 3.31. The molecule has 0 aromatic heterocycles. The second-order valence-corrected chi connectivity index (χ2v) is 5.94. The highest BCUT2D eigenvalue weighted by Crippen LogP contribution is 2.30. The Kier molecular flexibility index (Phi) is 3.78. The van der Waals surface area contributed by atoms with Crippen LogP contribution in [0.25, 0.3) is 0 Å². The summed E-state index contributed by atoms with van der Waals surface area (Å²) < 4.78 is 1.10. The molecule has 2 aromatic carbocycles. The highest BCUT2D eigenvalue weighted by molar-refractivity contribution is 9.10. The standard InChI is InChI=1S/C15H14BrClN2/c16-12-4-1-3-11(9-12)15-18-7-8-19(15)14-6-2-5-13(17)10-14/h1-6,9-10,15,18H,7-8H2. The summed E-state index contributed by atoms with van der Waals surface area (Å²) in [4.78, 5) is 2.34. The summed E-state index contributed by atoms with van der Waals surface area (Å²) >= 11 is 9.62. The summed E-state index contributed by atoms with van der Waals surface area (Å²) in [7, 11) is 0. The summed E-state index contributed by atoms with van der Waals surface area (Å²) in [5.74, 6) is 0. The van der Waals surface area contributed by atoms with Crippen molar-refractivity contribution >= 4 is 33.2 Å². The van der Waals surface area contributed by atoms with Gasteiger partial charge in [-0.1, -0.05) is 45.7 Å². The lowest BCUT2D eigenvalue weighted by atomic mass is 10.1. The number of nitrogens with one attached hydrogen (secondary N) is 1. The van der Waals surface area contributed by atoms with E-state index in [1.54, 1.807) is 0 Å². The van der Waals surface area contributed by atoms with Crippen molar-refractivity contribution in [2.24, 2.45) is 0 Å². The highest BCUT2D eigenvalue weighted by Gasteiger charge is 2.25. The maximum Gasteiger partial charge on any atom is 0.106 e. The molecule has 0 saturated carbocycles. The van der Waals surface area contributed by atoms with Gasteiger partial charge in [0.25, 0.3) is 0 Å². The quantitative estimate of drug-likeness (QED) is 0.883. The minimum absolute atomic E-state index is 0.205. The smallest absolute Gasteiger partial charge is 0.106 e. The van der Waals surface area contributed by atoms with E-state index in [0.717, 1.165) is 28.3 Å². The molecule has 2 aromatic rings. The Morgan fingerprint density at radius 2 is 2.00 bits per heavy atom. The summed E-state index contributed by atoms with van der Waals surface area (Å²) in [6, 6.07) is 16.4. The molecule has 0 spiro atoms. The van der Waals surface area contributed by atoms with Crippen LogP contribution in [-0.2, 0) is 0 Å². The number of rotatable bonds is 2. The Labute approximate surface area is 126 Å². The molecule has 0 radical (unpaired) electrons. The van der Waals surface area contributed by atoms with Crippen LogP contribution in [0.4, 0.5) is 5.69 Å². The molecule has 98 valence electrons. The van der Waals surface area contributed by atoms with Gasteiger partial charge in [-0.15, -0.1) is 0 Å². The number of anilines is 1. The first-order valence-corrected chi connectivity index (χ1v) is 7.42. The van der Waals surface area contributed by atoms with Crippen LogP contribution in [0.1, 0.15) is 11.7 Å². The van der Waals surface area contributed by atoms with Gasteiger partial charge in [0, 0.05) is 28.3 Å². The van der Waals surface area contributed by atoms with E-state index in [0.29, 0.717) is 0 Å². The molecule has 1 aliphatic rings. The van der Waals surface area contributed by atoms with Gasteiger partial charge >= 0.3 is 0 Å². The molecule has 1 saturated heterocycles. The zero-order chi connectivity index (χ0) is 13.2. The minimum atomic E-state index is 0.205. The normalized spacial score (nSPS) is 18.8. The molecule has 2 nitrogen and oxygen atoms in total. The molecular weight excluding hydrogens is 324 g/mol. The first-order valence-electron chi connectivity index (χ1n) is 6.25. The topological polar surface area (TPSA) is 15.3 Å². The zero-order valence-corrected chi connectivity index (χ0v) is 12.7. The Morgan fingerprint density at radius 1 is 1.16 bits per heavy atom. The van der Waals surface area contributed by atoms with Crippen LogP contribution >= 0.6 is 27.5 Å². The van der Waals surface area contributed by atoms with Gasteiger partial charge in [-0.2, -0.15) is 0 Å². The monoisotopic (exact) mass is 336 g/mol. The first kappa shape index (κ1) is 13.0. The lowest BCUT2D eigenvalue weighted by molar-refractivity contribution is 0.644. The fraction of sp³-hybridized carbons (Fsp3) is 0.200. The molecule has 1 heterocycles. The van der Waals surface area contributed by atoms with Gasteiger partial charge in [0.2, 0.25) is 0 Å². The molecule has 3 rings (SSSR count). The molecular formula is C15H14BrClN2. The van der Waals surface area contributed by atoms with Gasteiger partial charge in [0.15, 0.2) is 0 Å². The van der Waals surface area contributed by atoms with Gasteiger partial charge in [0.1, 0.15) is 6.17 Å². The maximum atomic E-state index is 6.09. The minimum Gasteiger partial charge on any atom is -0.351 e. The van der Waals surface area contributed by atoms with E-state index in [-0.39, 0.29) is 6.17 Å². The van der Waals surface area contributed by atoms with Crippen molar-refractivity contribution < 1.29 is 0 Å². The van der Waals surface area contributed by atoms with E-state index in [1.807, 2.05) is 24.3 Å². The van der Waals surface area contributed by atoms with E-state index in [4.69, 9.17) is 11.6 Å². The second kappa shape index (κ2) is 5.53. The molecule has 1 unspecified atom stereocenters. The fourth-order valence-electron chi connectivity index (χ4n) is 2.47. The molecule has 19 heavy (non-hydrogen) atoms. The Hall–Kier alpha value is -1.03. The van der Waals surface area contributed by atoms with Crippen molar-refractivity contribution in [1.29, 1.82) is 0 Å². The molecule has 1 aliphatic heterocycles. The lowest BCUT2D eigenvalue weighted by Crippen LogP contribution is -2.27. The zero-order valence-electron chi connectivity index (χ0n) is 10.3. The summed E-state index contributed by atoms with van der Waals surface area (Å²) in [5.41, 5.74) is 2.41. The van der Waals surface area contributed by atoms with E-state index in [1.165, 1.54) is 5.56 Å². The van der Waals surface area contributed by atoms with Crippen LogP contribution in [-0.4, -0.2) is 13.1 Å². The number of halogens is 2. The Bertz CT molecular complexity index is 536. The van der Waals surface area contributed by atoms with Gasteiger partial charge in [0.05, 0.1) is 0 Å². The van der Waals surface area contributed by atoms with Crippen molar-refractivity contribution in [2.75, 3.05) is 18.0 Å². The van der Waals surface area contributed by atoms with Crippen LogP contribution < -0.4 is 10.2 Å². The number of benzene rings is 2. The predicted molar refractivity (Wildman–Crippen MR) is 83.7 cm³/mol. The summed E-state index contributed by atoms with van der Waals surface area (Å²) in [6.07, 6.45) is 0.205. The van der Waals surface area contributed by atoms with E-state index in [9.17, 15) is 0 Å². The molecule has 1 atom stereocenters. The van der Waals surface area contributed by atoms with Gasteiger partial charge < -0.3 is 4.90 Å². The average molecular weight is 338 g/mol. The van der Waals surface area contributed by atoms with Crippen molar-refractivity contribution in [3.63, 3.8) is 0 Å². The third-order valence-corrected chi connectivity index (χ3v) is 4.03. The molecule has 1 fully saturated rings. The van der Waals surface area contributed by atoms with E-state index >= 15 is 0 Å². The molecule has 4 heteroatoms. The van der Waals surface area contributed by atoms with Crippen molar-refractivity contribution in [1.82, 2.24) is 5.32 Å². The lowest BCUT2D eigenvalue weighted by Gasteiger charge is -2.27. The molecule has 0 amide bonds. The summed E-state index contributed by atoms with van der Waals surface area (Å²) in [6.45, 7) is 1.96. The number of nitrogens with zero attached hydrogens (tertiary/aromatic N) is 1. The van der Waals surface area contributed by atoms with Crippen LogP contribution in [0.2, 0.25) is 5.02 Å².